The SMILES string of the molecule is COc1ccc(-n2cc(/C=N\Nc3ncccc3[N+](=O)[O-])cc2C)cc1. The van der Waals surface area contributed by atoms with Gasteiger partial charge in [-0.1, -0.05) is 0 Å². The number of hydrazone groups is 1. The zero-order valence-corrected chi connectivity index (χ0v) is 14.3. The lowest BCUT2D eigenvalue weighted by atomic mass is 10.3. The summed E-state index contributed by atoms with van der Waals surface area (Å²) in [4.78, 5) is 14.4. The average Bonchev–Trinajstić information content (AvgIpc) is 3.02. The number of anilines is 1. The van der Waals surface area contributed by atoms with E-state index >= 15 is 0 Å². The first-order valence-electron chi connectivity index (χ1n) is 7.80. The first-order valence-corrected chi connectivity index (χ1v) is 7.80. The van der Waals surface area contributed by atoms with E-state index in [4.69, 9.17) is 4.74 Å². The first kappa shape index (κ1) is 17.2. The zero-order valence-electron chi connectivity index (χ0n) is 14.3. The summed E-state index contributed by atoms with van der Waals surface area (Å²) in [6.45, 7) is 1.98. The number of nitrogens with zero attached hydrogens (tertiary/aromatic N) is 4. The zero-order chi connectivity index (χ0) is 18.5. The predicted molar refractivity (Wildman–Crippen MR) is 99.2 cm³/mol. The van der Waals surface area contributed by atoms with Crippen molar-refractivity contribution < 1.29 is 9.66 Å². The number of rotatable bonds is 6. The normalized spacial score (nSPS) is 10.8. The third kappa shape index (κ3) is 3.69. The number of ether oxygens (including phenoxy) is 1. The van der Waals surface area contributed by atoms with E-state index in [0.29, 0.717) is 0 Å². The summed E-state index contributed by atoms with van der Waals surface area (Å²) in [7, 11) is 1.63. The van der Waals surface area contributed by atoms with Crippen molar-refractivity contribution in [3.63, 3.8) is 0 Å². The molecule has 0 aliphatic rings. The number of benzene rings is 1. The number of aromatic nitrogens is 2. The summed E-state index contributed by atoms with van der Waals surface area (Å²) in [5.41, 5.74) is 5.37. The fourth-order valence-corrected chi connectivity index (χ4v) is 2.49. The van der Waals surface area contributed by atoms with E-state index in [1.54, 1.807) is 13.3 Å². The number of hydrogen-bond acceptors (Lipinski definition) is 6. The lowest BCUT2D eigenvalue weighted by molar-refractivity contribution is -0.384. The minimum absolute atomic E-state index is 0.0973. The van der Waals surface area contributed by atoms with E-state index in [9.17, 15) is 10.1 Å². The molecule has 8 heteroatoms. The van der Waals surface area contributed by atoms with Gasteiger partial charge in [0.25, 0.3) is 0 Å². The van der Waals surface area contributed by atoms with Crippen molar-refractivity contribution in [2.45, 2.75) is 6.92 Å². The van der Waals surface area contributed by atoms with Crippen molar-refractivity contribution in [1.82, 2.24) is 9.55 Å². The Labute approximate surface area is 149 Å². The molecule has 8 nitrogen and oxygen atoms in total. The molecule has 0 saturated heterocycles. The number of pyridine rings is 1. The number of nitro groups is 1. The fourth-order valence-electron chi connectivity index (χ4n) is 2.49. The molecule has 132 valence electrons. The first-order chi connectivity index (χ1) is 12.6. The smallest absolute Gasteiger partial charge is 0.313 e. The summed E-state index contributed by atoms with van der Waals surface area (Å²) < 4.78 is 7.19. The summed E-state index contributed by atoms with van der Waals surface area (Å²) >= 11 is 0. The molecule has 3 aromatic rings. The van der Waals surface area contributed by atoms with E-state index in [2.05, 4.69) is 15.5 Å². The van der Waals surface area contributed by atoms with Gasteiger partial charge in [-0.2, -0.15) is 5.10 Å². The molecule has 2 aromatic heterocycles. The van der Waals surface area contributed by atoms with Gasteiger partial charge in [0.15, 0.2) is 0 Å². The maximum atomic E-state index is 11.0. The van der Waals surface area contributed by atoms with E-state index in [0.717, 1.165) is 22.7 Å². The Morgan fingerprint density at radius 3 is 2.77 bits per heavy atom. The summed E-state index contributed by atoms with van der Waals surface area (Å²) in [5.74, 6) is 0.890. The largest absolute Gasteiger partial charge is 0.497 e. The van der Waals surface area contributed by atoms with Gasteiger partial charge in [0.2, 0.25) is 5.82 Å². The van der Waals surface area contributed by atoms with Crippen LogP contribution in [0.15, 0.2) is 60.0 Å². The standard InChI is InChI=1S/C18H17N5O3/c1-13-10-14(12-22(13)15-5-7-16(26-2)8-6-15)11-20-21-18-17(23(24)25)4-3-9-19-18/h3-12H,1-2H3,(H,19,21)/b20-11-. The molecule has 0 aliphatic carbocycles. The van der Waals surface area contributed by atoms with Crippen LogP contribution in [0, 0.1) is 17.0 Å². The van der Waals surface area contributed by atoms with Gasteiger partial charge in [-0.25, -0.2) is 4.98 Å². The third-order valence-corrected chi connectivity index (χ3v) is 3.75. The van der Waals surface area contributed by atoms with Gasteiger partial charge in [-0.05, 0) is 43.3 Å². The van der Waals surface area contributed by atoms with E-state index < -0.39 is 4.92 Å². The number of nitrogens with one attached hydrogen (secondary N) is 1. The van der Waals surface area contributed by atoms with Crippen LogP contribution in [0.5, 0.6) is 5.75 Å². The number of hydrogen-bond donors (Lipinski definition) is 1. The maximum Gasteiger partial charge on any atom is 0.313 e. The molecule has 0 spiro atoms. The molecule has 0 amide bonds. The second-order valence-electron chi connectivity index (χ2n) is 5.48. The van der Waals surface area contributed by atoms with Crippen LogP contribution in [0.4, 0.5) is 11.5 Å². The monoisotopic (exact) mass is 351 g/mol. The van der Waals surface area contributed by atoms with Crippen LogP contribution < -0.4 is 10.2 Å². The van der Waals surface area contributed by atoms with E-state index in [1.165, 1.54) is 18.3 Å². The molecule has 0 atom stereocenters. The van der Waals surface area contributed by atoms with Gasteiger partial charge < -0.3 is 9.30 Å². The highest BCUT2D eigenvalue weighted by Crippen LogP contribution is 2.20. The highest BCUT2D eigenvalue weighted by molar-refractivity contribution is 5.80. The highest BCUT2D eigenvalue weighted by atomic mass is 16.6. The van der Waals surface area contributed by atoms with Crippen LogP contribution in [0.25, 0.3) is 5.69 Å². The molecule has 1 aromatic carbocycles. The lowest BCUT2D eigenvalue weighted by Gasteiger charge is -2.06. The van der Waals surface area contributed by atoms with Crippen LogP contribution in [-0.4, -0.2) is 27.8 Å². The van der Waals surface area contributed by atoms with Crippen molar-refractivity contribution in [3.8, 4) is 11.4 Å². The Kier molecular flexibility index (Phi) is 4.93. The second kappa shape index (κ2) is 7.47. The highest BCUT2D eigenvalue weighted by Gasteiger charge is 2.13. The van der Waals surface area contributed by atoms with E-state index in [1.807, 2.05) is 48.0 Å². The predicted octanol–water partition coefficient (Wildman–Crippen LogP) is 3.54. The average molecular weight is 351 g/mol. The Hall–Kier alpha value is -3.68. The summed E-state index contributed by atoms with van der Waals surface area (Å²) in [5, 5.41) is 15.0. The van der Waals surface area contributed by atoms with Crippen molar-refractivity contribution in [2.24, 2.45) is 5.10 Å². The molecular weight excluding hydrogens is 334 g/mol. The van der Waals surface area contributed by atoms with Gasteiger partial charge in [-0.15, -0.1) is 0 Å². The molecular formula is C18H17N5O3. The molecule has 0 radical (unpaired) electrons. The van der Waals surface area contributed by atoms with Gasteiger partial charge >= 0.3 is 5.69 Å². The van der Waals surface area contributed by atoms with Crippen molar-refractivity contribution in [3.05, 3.63) is 76.2 Å². The quantitative estimate of drug-likeness (QED) is 0.416. The molecule has 1 N–H and O–H groups in total. The fraction of sp³-hybridized carbons (Fsp3) is 0.111. The third-order valence-electron chi connectivity index (χ3n) is 3.75. The van der Waals surface area contributed by atoms with Gasteiger partial charge in [-0.3, -0.25) is 15.5 Å². The van der Waals surface area contributed by atoms with Crippen molar-refractivity contribution >= 4 is 17.7 Å². The molecule has 26 heavy (non-hydrogen) atoms. The van der Waals surface area contributed by atoms with Gasteiger partial charge in [0, 0.05) is 35.4 Å². The lowest BCUT2D eigenvalue weighted by Crippen LogP contribution is -1.98. The molecule has 3 rings (SSSR count). The molecule has 0 unspecified atom stereocenters. The van der Waals surface area contributed by atoms with Gasteiger partial charge in [0.05, 0.1) is 18.2 Å². The van der Waals surface area contributed by atoms with E-state index in [-0.39, 0.29) is 11.5 Å². The van der Waals surface area contributed by atoms with Crippen LogP contribution in [0.2, 0.25) is 0 Å². The Bertz CT molecular complexity index is 948. The molecule has 2 heterocycles. The topological polar surface area (TPSA) is 94.6 Å². The Balaban J connectivity index is 1.77. The Morgan fingerprint density at radius 1 is 1.31 bits per heavy atom. The molecule has 0 aliphatic heterocycles. The molecule has 0 saturated carbocycles. The Morgan fingerprint density at radius 2 is 2.08 bits per heavy atom. The van der Waals surface area contributed by atoms with Crippen LogP contribution in [0.3, 0.4) is 0 Å². The second-order valence-corrected chi connectivity index (χ2v) is 5.48. The van der Waals surface area contributed by atoms with Gasteiger partial charge in [0.1, 0.15) is 5.75 Å². The van der Waals surface area contributed by atoms with Crippen molar-refractivity contribution in [2.75, 3.05) is 12.5 Å². The van der Waals surface area contributed by atoms with Crippen molar-refractivity contribution in [1.29, 1.82) is 0 Å². The van der Waals surface area contributed by atoms with Crippen LogP contribution in [-0.2, 0) is 0 Å². The molecule has 0 bridgehead atoms. The summed E-state index contributed by atoms with van der Waals surface area (Å²) in [6.07, 6.45) is 4.98. The summed E-state index contributed by atoms with van der Waals surface area (Å²) in [6, 6.07) is 12.5. The minimum atomic E-state index is -0.505. The van der Waals surface area contributed by atoms with Crippen LogP contribution >= 0.6 is 0 Å². The minimum Gasteiger partial charge on any atom is -0.497 e. The molecule has 0 fully saturated rings. The number of methoxy groups -OCH3 is 1. The van der Waals surface area contributed by atoms with Crippen LogP contribution in [0.1, 0.15) is 11.3 Å². The number of aryl methyl sites for hydroxylation is 1. The maximum absolute atomic E-state index is 11.0.